The standard InChI is InChI=1S/C27H44N2O/c1-8-12-15-26(5,11-4)21-18-22-25(23(19-21)30-7)29-24(20-28-22)27(6,16-13-9-2)17-14-10-3/h18-20H,8-17H2,1-7H3. The van der Waals surface area contributed by atoms with Crippen molar-refractivity contribution in [1.29, 1.82) is 0 Å². The van der Waals surface area contributed by atoms with Crippen molar-refractivity contribution in [3.8, 4) is 5.75 Å². The lowest BCUT2D eigenvalue weighted by molar-refractivity contribution is 0.364. The van der Waals surface area contributed by atoms with Gasteiger partial charge in [0.15, 0.2) is 0 Å². The summed E-state index contributed by atoms with van der Waals surface area (Å²) in [6.07, 6.45) is 14.0. The fourth-order valence-corrected chi connectivity index (χ4v) is 4.49. The first kappa shape index (κ1) is 24.6. The van der Waals surface area contributed by atoms with Crippen molar-refractivity contribution in [3.05, 3.63) is 29.6 Å². The van der Waals surface area contributed by atoms with Gasteiger partial charge in [0, 0.05) is 11.6 Å². The van der Waals surface area contributed by atoms with Gasteiger partial charge >= 0.3 is 0 Å². The lowest BCUT2D eigenvalue weighted by Gasteiger charge is -2.31. The summed E-state index contributed by atoms with van der Waals surface area (Å²) in [4.78, 5) is 10.1. The van der Waals surface area contributed by atoms with Gasteiger partial charge < -0.3 is 4.74 Å². The van der Waals surface area contributed by atoms with Gasteiger partial charge in [0.1, 0.15) is 11.3 Å². The summed E-state index contributed by atoms with van der Waals surface area (Å²) < 4.78 is 5.84. The van der Waals surface area contributed by atoms with Crippen LogP contribution in [0.4, 0.5) is 0 Å². The maximum Gasteiger partial charge on any atom is 0.147 e. The van der Waals surface area contributed by atoms with Crippen molar-refractivity contribution >= 4 is 11.0 Å². The number of nitrogens with zero attached hydrogens (tertiary/aromatic N) is 2. The summed E-state index contributed by atoms with van der Waals surface area (Å²) in [7, 11) is 1.76. The Morgan fingerprint density at radius 3 is 1.90 bits per heavy atom. The molecule has 0 aliphatic rings. The van der Waals surface area contributed by atoms with Crippen molar-refractivity contribution < 1.29 is 4.74 Å². The topological polar surface area (TPSA) is 35.0 Å². The summed E-state index contributed by atoms with van der Waals surface area (Å²) in [6.45, 7) is 13.8. The first-order chi connectivity index (χ1) is 14.4. The number of hydrogen-bond acceptors (Lipinski definition) is 3. The maximum absolute atomic E-state index is 5.84. The molecule has 2 aromatic rings. The SMILES string of the molecule is CCCCC(C)(CC)c1cc(OC)c2nc(C(C)(CCCC)CCCC)cnc2c1. The van der Waals surface area contributed by atoms with E-state index in [4.69, 9.17) is 14.7 Å². The second-order valence-electron chi connectivity index (χ2n) is 9.59. The third-order valence-electron chi connectivity index (χ3n) is 7.17. The van der Waals surface area contributed by atoms with Crippen LogP contribution in [-0.2, 0) is 10.8 Å². The molecule has 0 aliphatic heterocycles. The predicted molar refractivity (Wildman–Crippen MR) is 130 cm³/mol. The summed E-state index contributed by atoms with van der Waals surface area (Å²) in [5, 5.41) is 0. The number of hydrogen-bond donors (Lipinski definition) is 0. The molecule has 1 atom stereocenters. The highest BCUT2D eigenvalue weighted by molar-refractivity contribution is 5.82. The van der Waals surface area contributed by atoms with Gasteiger partial charge in [0.05, 0.1) is 18.3 Å². The minimum absolute atomic E-state index is 0.0793. The molecule has 168 valence electrons. The van der Waals surface area contributed by atoms with E-state index in [1.807, 2.05) is 6.20 Å². The van der Waals surface area contributed by atoms with Gasteiger partial charge in [-0.2, -0.15) is 0 Å². The molecule has 2 rings (SSSR count). The largest absolute Gasteiger partial charge is 0.494 e. The quantitative estimate of drug-likeness (QED) is 0.333. The molecule has 0 spiro atoms. The third kappa shape index (κ3) is 5.53. The van der Waals surface area contributed by atoms with E-state index in [1.165, 1.54) is 50.5 Å². The summed E-state index contributed by atoms with van der Waals surface area (Å²) in [5.41, 5.74) is 4.53. The van der Waals surface area contributed by atoms with Crippen LogP contribution >= 0.6 is 0 Å². The molecular formula is C27H44N2O. The number of fused-ring (bicyclic) bond motifs is 1. The molecule has 0 saturated heterocycles. The maximum atomic E-state index is 5.84. The Morgan fingerprint density at radius 2 is 1.40 bits per heavy atom. The van der Waals surface area contributed by atoms with Crippen LogP contribution < -0.4 is 4.74 Å². The minimum atomic E-state index is 0.0793. The average molecular weight is 413 g/mol. The average Bonchev–Trinajstić information content (AvgIpc) is 2.78. The van der Waals surface area contributed by atoms with Crippen LogP contribution in [0.3, 0.4) is 0 Å². The van der Waals surface area contributed by atoms with Gasteiger partial charge in [0.2, 0.25) is 0 Å². The minimum Gasteiger partial charge on any atom is -0.494 e. The molecule has 0 radical (unpaired) electrons. The zero-order valence-corrected chi connectivity index (χ0v) is 20.6. The molecule has 1 heterocycles. The van der Waals surface area contributed by atoms with Crippen molar-refractivity contribution in [2.24, 2.45) is 0 Å². The zero-order valence-electron chi connectivity index (χ0n) is 20.6. The number of aromatic nitrogens is 2. The fourth-order valence-electron chi connectivity index (χ4n) is 4.49. The van der Waals surface area contributed by atoms with Gasteiger partial charge in [0.25, 0.3) is 0 Å². The second kappa shape index (κ2) is 11.1. The number of unbranched alkanes of at least 4 members (excludes halogenated alkanes) is 3. The summed E-state index contributed by atoms with van der Waals surface area (Å²) in [6, 6.07) is 4.47. The van der Waals surface area contributed by atoms with E-state index < -0.39 is 0 Å². The van der Waals surface area contributed by atoms with Crippen molar-refractivity contribution in [3.63, 3.8) is 0 Å². The molecule has 0 amide bonds. The van der Waals surface area contributed by atoms with Crippen LogP contribution in [0, 0.1) is 0 Å². The van der Waals surface area contributed by atoms with Gasteiger partial charge in [-0.3, -0.25) is 4.98 Å². The van der Waals surface area contributed by atoms with E-state index in [-0.39, 0.29) is 10.8 Å². The van der Waals surface area contributed by atoms with Gasteiger partial charge in [-0.25, -0.2) is 4.98 Å². The van der Waals surface area contributed by atoms with Crippen LogP contribution in [0.5, 0.6) is 5.75 Å². The molecule has 30 heavy (non-hydrogen) atoms. The van der Waals surface area contributed by atoms with E-state index >= 15 is 0 Å². The van der Waals surface area contributed by atoms with Crippen molar-refractivity contribution in [2.75, 3.05) is 7.11 Å². The Morgan fingerprint density at radius 1 is 0.833 bits per heavy atom. The van der Waals surface area contributed by atoms with Crippen LogP contribution in [0.1, 0.15) is 117 Å². The smallest absolute Gasteiger partial charge is 0.147 e. The van der Waals surface area contributed by atoms with E-state index in [0.717, 1.165) is 41.7 Å². The lowest BCUT2D eigenvalue weighted by Crippen LogP contribution is -2.24. The normalized spacial score (nSPS) is 14.1. The highest BCUT2D eigenvalue weighted by Crippen LogP contribution is 2.39. The third-order valence-corrected chi connectivity index (χ3v) is 7.17. The van der Waals surface area contributed by atoms with E-state index in [9.17, 15) is 0 Å². The van der Waals surface area contributed by atoms with Crippen molar-refractivity contribution in [2.45, 2.75) is 117 Å². The zero-order chi connectivity index (χ0) is 22.2. The molecule has 0 bridgehead atoms. The first-order valence-corrected chi connectivity index (χ1v) is 12.2. The molecule has 1 aromatic heterocycles. The Labute approximate surface area is 185 Å². The lowest BCUT2D eigenvalue weighted by atomic mass is 9.75. The Bertz CT molecular complexity index is 793. The highest BCUT2D eigenvalue weighted by Gasteiger charge is 2.29. The molecule has 1 unspecified atom stereocenters. The van der Waals surface area contributed by atoms with Crippen LogP contribution in [0.15, 0.2) is 18.3 Å². The highest BCUT2D eigenvalue weighted by atomic mass is 16.5. The monoisotopic (exact) mass is 412 g/mol. The Hall–Kier alpha value is -1.64. The van der Waals surface area contributed by atoms with Crippen LogP contribution in [-0.4, -0.2) is 17.1 Å². The fraction of sp³-hybridized carbons (Fsp3) is 0.704. The summed E-state index contributed by atoms with van der Waals surface area (Å²) in [5.74, 6) is 0.862. The Balaban J connectivity index is 2.54. The molecule has 0 saturated carbocycles. The van der Waals surface area contributed by atoms with Crippen molar-refractivity contribution in [1.82, 2.24) is 9.97 Å². The second-order valence-corrected chi connectivity index (χ2v) is 9.59. The van der Waals surface area contributed by atoms with E-state index in [1.54, 1.807) is 7.11 Å². The molecular weight excluding hydrogens is 368 g/mol. The van der Waals surface area contributed by atoms with Crippen LogP contribution in [0.2, 0.25) is 0 Å². The molecule has 3 heteroatoms. The Kier molecular flexibility index (Phi) is 9.12. The number of methoxy groups -OCH3 is 1. The van der Waals surface area contributed by atoms with Gasteiger partial charge in [-0.05, 0) is 48.8 Å². The number of benzene rings is 1. The molecule has 0 aliphatic carbocycles. The van der Waals surface area contributed by atoms with E-state index in [2.05, 4.69) is 53.7 Å². The predicted octanol–water partition coefficient (Wildman–Crippen LogP) is 8.13. The van der Waals surface area contributed by atoms with Gasteiger partial charge in [-0.1, -0.05) is 80.1 Å². The molecule has 0 N–H and O–H groups in total. The van der Waals surface area contributed by atoms with E-state index in [0.29, 0.717) is 0 Å². The van der Waals surface area contributed by atoms with Gasteiger partial charge in [-0.15, -0.1) is 0 Å². The molecule has 0 fully saturated rings. The molecule has 1 aromatic carbocycles. The number of rotatable bonds is 13. The molecule has 3 nitrogen and oxygen atoms in total. The summed E-state index contributed by atoms with van der Waals surface area (Å²) >= 11 is 0. The first-order valence-electron chi connectivity index (χ1n) is 12.2. The van der Waals surface area contributed by atoms with Crippen LogP contribution in [0.25, 0.3) is 11.0 Å². The number of ether oxygens (including phenoxy) is 1.